The van der Waals surface area contributed by atoms with Gasteiger partial charge in [-0.25, -0.2) is 4.79 Å². The number of carbonyl (C=O) groups is 1. The highest BCUT2D eigenvalue weighted by Gasteiger charge is 2.15. The fourth-order valence-corrected chi connectivity index (χ4v) is 2.78. The Balaban J connectivity index is 1.66. The molecule has 27 heavy (non-hydrogen) atoms. The van der Waals surface area contributed by atoms with Gasteiger partial charge in [0.25, 0.3) is 0 Å². The molecule has 5 heteroatoms. The van der Waals surface area contributed by atoms with Crippen molar-refractivity contribution in [1.29, 1.82) is 0 Å². The molecule has 0 spiro atoms. The molecule has 0 atom stereocenters. The number of nitrogens with one attached hydrogen (secondary N) is 2. The molecule has 5 nitrogen and oxygen atoms in total. The highest BCUT2D eigenvalue weighted by atomic mass is 16.6. The Morgan fingerprint density at radius 1 is 1.07 bits per heavy atom. The first kappa shape index (κ1) is 18.8. The van der Waals surface area contributed by atoms with Crippen molar-refractivity contribution in [3.05, 3.63) is 59.8 Å². The number of ether oxygens (including phenoxy) is 2. The quantitative estimate of drug-likeness (QED) is 0.641. The molecule has 0 unspecified atom stereocenters. The predicted octanol–water partition coefficient (Wildman–Crippen LogP) is 5.34. The summed E-state index contributed by atoms with van der Waals surface area (Å²) in [6, 6.07) is 13.9. The molecule has 3 aromatic rings. The zero-order valence-corrected chi connectivity index (χ0v) is 16.3. The standard InChI is InChI=1S/C22H26N2O3/c1-15-5-7-17(8-6-15)26-18-9-10-20-19(13-18)16(14-24-20)11-12-23-21(25)27-22(2,3)4/h5-10,13-14,24H,11-12H2,1-4H3,(H,23,25). The lowest BCUT2D eigenvalue weighted by Crippen LogP contribution is -2.33. The smallest absolute Gasteiger partial charge is 0.407 e. The molecule has 0 aliphatic heterocycles. The summed E-state index contributed by atoms with van der Waals surface area (Å²) in [5.74, 6) is 1.59. The van der Waals surface area contributed by atoms with Gasteiger partial charge in [0.15, 0.2) is 0 Å². The van der Waals surface area contributed by atoms with E-state index in [0.717, 1.165) is 28.0 Å². The lowest BCUT2D eigenvalue weighted by atomic mass is 10.1. The van der Waals surface area contributed by atoms with Crippen molar-refractivity contribution in [3.63, 3.8) is 0 Å². The molecule has 2 aromatic carbocycles. The van der Waals surface area contributed by atoms with Gasteiger partial charge in [0.2, 0.25) is 0 Å². The van der Waals surface area contributed by atoms with Crippen molar-refractivity contribution in [2.24, 2.45) is 0 Å². The summed E-state index contributed by atoms with van der Waals surface area (Å²) in [6.45, 7) is 8.10. The number of rotatable bonds is 5. The van der Waals surface area contributed by atoms with E-state index in [0.29, 0.717) is 13.0 Å². The molecule has 0 fully saturated rings. The summed E-state index contributed by atoms with van der Waals surface area (Å²) in [5.41, 5.74) is 2.87. The molecular formula is C22H26N2O3. The predicted molar refractivity (Wildman–Crippen MR) is 107 cm³/mol. The number of aromatic nitrogens is 1. The van der Waals surface area contributed by atoms with Crippen LogP contribution < -0.4 is 10.1 Å². The molecular weight excluding hydrogens is 340 g/mol. The van der Waals surface area contributed by atoms with E-state index in [4.69, 9.17) is 9.47 Å². The summed E-state index contributed by atoms with van der Waals surface area (Å²) in [7, 11) is 0. The fraction of sp³-hybridized carbons (Fsp3) is 0.318. The van der Waals surface area contributed by atoms with Crippen LogP contribution in [-0.2, 0) is 11.2 Å². The van der Waals surface area contributed by atoms with E-state index in [2.05, 4.69) is 10.3 Å². The molecule has 1 heterocycles. The third-order valence-corrected chi connectivity index (χ3v) is 4.06. The third-order valence-electron chi connectivity index (χ3n) is 4.06. The zero-order valence-electron chi connectivity index (χ0n) is 16.3. The fourth-order valence-electron chi connectivity index (χ4n) is 2.78. The van der Waals surface area contributed by atoms with Crippen molar-refractivity contribution in [2.45, 2.75) is 39.7 Å². The SMILES string of the molecule is Cc1ccc(Oc2ccc3[nH]cc(CCNC(=O)OC(C)(C)C)c3c2)cc1. The van der Waals surface area contributed by atoms with Crippen LogP contribution in [0.2, 0.25) is 0 Å². The Bertz CT molecular complexity index is 921. The first-order valence-electron chi connectivity index (χ1n) is 9.11. The van der Waals surface area contributed by atoms with Crippen LogP contribution in [0, 0.1) is 6.92 Å². The molecule has 0 bridgehead atoms. The van der Waals surface area contributed by atoms with Crippen LogP contribution in [0.1, 0.15) is 31.9 Å². The highest BCUT2D eigenvalue weighted by molar-refractivity contribution is 5.84. The van der Waals surface area contributed by atoms with Crippen LogP contribution in [0.25, 0.3) is 10.9 Å². The highest BCUT2D eigenvalue weighted by Crippen LogP contribution is 2.27. The van der Waals surface area contributed by atoms with E-state index < -0.39 is 11.7 Å². The maximum Gasteiger partial charge on any atom is 0.407 e. The number of hydrogen-bond donors (Lipinski definition) is 2. The topological polar surface area (TPSA) is 63.3 Å². The molecule has 2 N–H and O–H groups in total. The second-order valence-corrected chi connectivity index (χ2v) is 7.62. The third kappa shape index (κ3) is 5.26. The lowest BCUT2D eigenvalue weighted by Gasteiger charge is -2.19. The Morgan fingerprint density at radius 3 is 2.48 bits per heavy atom. The molecule has 0 saturated heterocycles. The normalized spacial score (nSPS) is 11.4. The average molecular weight is 366 g/mol. The van der Waals surface area contributed by atoms with Gasteiger partial charge < -0.3 is 19.8 Å². The summed E-state index contributed by atoms with van der Waals surface area (Å²) in [4.78, 5) is 15.0. The second-order valence-electron chi connectivity index (χ2n) is 7.62. The number of aryl methyl sites for hydroxylation is 1. The molecule has 1 amide bonds. The largest absolute Gasteiger partial charge is 0.457 e. The van der Waals surface area contributed by atoms with Crippen molar-refractivity contribution in [3.8, 4) is 11.5 Å². The molecule has 0 saturated carbocycles. The Morgan fingerprint density at radius 2 is 1.78 bits per heavy atom. The summed E-state index contributed by atoms with van der Waals surface area (Å²) in [5, 5.41) is 3.88. The van der Waals surface area contributed by atoms with Gasteiger partial charge in [0, 0.05) is 23.6 Å². The summed E-state index contributed by atoms with van der Waals surface area (Å²) < 4.78 is 11.2. The van der Waals surface area contributed by atoms with Gasteiger partial charge in [-0.15, -0.1) is 0 Å². The molecule has 1 aromatic heterocycles. The average Bonchev–Trinajstić information content (AvgIpc) is 2.98. The summed E-state index contributed by atoms with van der Waals surface area (Å²) in [6.07, 6.45) is 2.27. The van der Waals surface area contributed by atoms with E-state index in [-0.39, 0.29) is 0 Å². The van der Waals surface area contributed by atoms with Crippen molar-refractivity contribution in [1.82, 2.24) is 10.3 Å². The monoisotopic (exact) mass is 366 g/mol. The molecule has 142 valence electrons. The second kappa shape index (κ2) is 7.74. The number of benzene rings is 2. The van der Waals surface area contributed by atoms with Crippen molar-refractivity contribution < 1.29 is 14.3 Å². The van der Waals surface area contributed by atoms with Crippen LogP contribution >= 0.6 is 0 Å². The number of fused-ring (bicyclic) bond motifs is 1. The van der Waals surface area contributed by atoms with E-state index in [9.17, 15) is 4.79 Å². The Hall–Kier alpha value is -2.95. The number of carbonyl (C=O) groups excluding carboxylic acids is 1. The number of aromatic amines is 1. The number of alkyl carbamates (subject to hydrolysis) is 1. The van der Waals surface area contributed by atoms with E-state index in [1.54, 1.807) is 0 Å². The van der Waals surface area contributed by atoms with E-state index in [1.807, 2.05) is 76.4 Å². The van der Waals surface area contributed by atoms with Crippen LogP contribution in [-0.4, -0.2) is 23.2 Å². The van der Waals surface area contributed by atoms with Gasteiger partial charge in [0.1, 0.15) is 17.1 Å². The maximum absolute atomic E-state index is 11.8. The van der Waals surface area contributed by atoms with Gasteiger partial charge in [0.05, 0.1) is 0 Å². The van der Waals surface area contributed by atoms with Crippen LogP contribution in [0.3, 0.4) is 0 Å². The Labute approximate surface area is 159 Å². The molecule has 0 radical (unpaired) electrons. The van der Waals surface area contributed by atoms with Crippen LogP contribution in [0.15, 0.2) is 48.7 Å². The van der Waals surface area contributed by atoms with Crippen molar-refractivity contribution in [2.75, 3.05) is 6.54 Å². The minimum atomic E-state index is -0.493. The van der Waals surface area contributed by atoms with Gasteiger partial charge in [-0.2, -0.15) is 0 Å². The van der Waals surface area contributed by atoms with Gasteiger partial charge in [-0.1, -0.05) is 17.7 Å². The lowest BCUT2D eigenvalue weighted by molar-refractivity contribution is 0.0528. The minimum absolute atomic E-state index is 0.397. The summed E-state index contributed by atoms with van der Waals surface area (Å²) >= 11 is 0. The minimum Gasteiger partial charge on any atom is -0.457 e. The van der Waals surface area contributed by atoms with E-state index >= 15 is 0 Å². The van der Waals surface area contributed by atoms with Gasteiger partial charge in [-0.3, -0.25) is 0 Å². The Kier molecular flexibility index (Phi) is 5.40. The molecule has 3 rings (SSSR count). The zero-order chi connectivity index (χ0) is 19.4. The number of amides is 1. The van der Waals surface area contributed by atoms with Gasteiger partial charge in [-0.05, 0) is 70.0 Å². The van der Waals surface area contributed by atoms with Crippen molar-refractivity contribution >= 4 is 17.0 Å². The van der Waals surface area contributed by atoms with Crippen LogP contribution in [0.5, 0.6) is 11.5 Å². The maximum atomic E-state index is 11.8. The van der Waals surface area contributed by atoms with E-state index in [1.165, 1.54) is 5.56 Å². The molecule has 0 aliphatic rings. The first-order chi connectivity index (χ1) is 12.8. The van der Waals surface area contributed by atoms with Crippen LogP contribution in [0.4, 0.5) is 4.79 Å². The first-order valence-corrected chi connectivity index (χ1v) is 9.11. The number of hydrogen-bond acceptors (Lipinski definition) is 3. The number of H-pyrrole nitrogens is 1. The van der Waals surface area contributed by atoms with Gasteiger partial charge >= 0.3 is 6.09 Å². The molecule has 0 aliphatic carbocycles.